The third-order valence-corrected chi connectivity index (χ3v) is 5.45. The van der Waals surface area contributed by atoms with Gasteiger partial charge in [0.2, 0.25) is 0 Å². The molecule has 0 aromatic rings. The molecule has 2 saturated carbocycles. The van der Waals surface area contributed by atoms with E-state index in [0.717, 1.165) is 18.9 Å². The van der Waals surface area contributed by atoms with Crippen molar-refractivity contribution in [3.05, 3.63) is 0 Å². The van der Waals surface area contributed by atoms with Crippen molar-refractivity contribution in [2.45, 2.75) is 69.9 Å². The van der Waals surface area contributed by atoms with E-state index < -0.39 is 5.97 Å². The molecule has 3 atom stereocenters. The molecule has 102 valence electrons. The monoisotopic (exact) mass is 251 g/mol. The number of hydrogen-bond donors (Lipinski definition) is 1. The normalized spacial score (nSPS) is 37.9. The fraction of sp³-hybridized carbons (Fsp3) is 0.933. The first-order chi connectivity index (χ1) is 8.75. The van der Waals surface area contributed by atoms with Crippen LogP contribution in [0.5, 0.6) is 0 Å². The fourth-order valence-corrected chi connectivity index (χ4v) is 4.55. The van der Waals surface area contributed by atoms with Crippen LogP contribution in [0.2, 0.25) is 0 Å². The molecular weight excluding hydrogens is 226 g/mol. The van der Waals surface area contributed by atoms with Gasteiger partial charge in [0.1, 0.15) is 6.04 Å². The molecule has 1 saturated heterocycles. The van der Waals surface area contributed by atoms with Crippen molar-refractivity contribution in [1.29, 1.82) is 0 Å². The molecule has 0 bridgehead atoms. The van der Waals surface area contributed by atoms with Crippen LogP contribution in [0.4, 0.5) is 0 Å². The highest BCUT2D eigenvalue weighted by Crippen LogP contribution is 2.41. The van der Waals surface area contributed by atoms with Crippen LogP contribution in [0.3, 0.4) is 0 Å². The highest BCUT2D eigenvalue weighted by molar-refractivity contribution is 5.74. The van der Waals surface area contributed by atoms with Crippen molar-refractivity contribution >= 4 is 5.97 Å². The van der Waals surface area contributed by atoms with Crippen LogP contribution >= 0.6 is 0 Å². The molecule has 2 aliphatic carbocycles. The molecule has 0 unspecified atom stereocenters. The number of fused-ring (bicyclic) bond motifs is 1. The number of carbonyl (C=O) groups is 1. The Labute approximate surface area is 110 Å². The molecular formula is C15H25NO2. The zero-order valence-electron chi connectivity index (χ0n) is 11.2. The first kappa shape index (κ1) is 12.5. The van der Waals surface area contributed by atoms with Gasteiger partial charge in [-0.2, -0.15) is 0 Å². The van der Waals surface area contributed by atoms with Gasteiger partial charge in [0.15, 0.2) is 0 Å². The third-order valence-electron chi connectivity index (χ3n) is 5.45. The van der Waals surface area contributed by atoms with E-state index in [1.807, 2.05) is 0 Å². The summed E-state index contributed by atoms with van der Waals surface area (Å²) in [5.74, 6) is 0.858. The standard InChI is InChI=1S/C15H25NO2/c17-15(18)14-9-12-7-3-4-8-13(12)16(14)10-11-5-1-2-6-11/h11-14H,1-10H2,(H,17,18)/t12-,13-,14+/m1/s1. The van der Waals surface area contributed by atoms with Gasteiger partial charge in [-0.3, -0.25) is 9.69 Å². The summed E-state index contributed by atoms with van der Waals surface area (Å²) in [4.78, 5) is 13.9. The maximum Gasteiger partial charge on any atom is 0.320 e. The zero-order chi connectivity index (χ0) is 12.5. The van der Waals surface area contributed by atoms with Crippen LogP contribution in [0, 0.1) is 11.8 Å². The molecule has 3 fully saturated rings. The summed E-state index contributed by atoms with van der Waals surface area (Å²) in [7, 11) is 0. The van der Waals surface area contributed by atoms with E-state index in [1.165, 1.54) is 51.4 Å². The third kappa shape index (κ3) is 2.29. The fourth-order valence-electron chi connectivity index (χ4n) is 4.55. The summed E-state index contributed by atoms with van der Waals surface area (Å²) in [6.07, 6.45) is 11.4. The first-order valence-corrected chi connectivity index (χ1v) is 7.74. The molecule has 1 heterocycles. The summed E-state index contributed by atoms with van der Waals surface area (Å²) >= 11 is 0. The Kier molecular flexibility index (Phi) is 3.60. The molecule has 0 aromatic carbocycles. The van der Waals surface area contributed by atoms with Crippen LogP contribution in [0.25, 0.3) is 0 Å². The summed E-state index contributed by atoms with van der Waals surface area (Å²) in [5, 5.41) is 9.46. The van der Waals surface area contributed by atoms with Crippen molar-refractivity contribution in [3.8, 4) is 0 Å². The summed E-state index contributed by atoms with van der Waals surface area (Å²) in [6.45, 7) is 1.05. The summed E-state index contributed by atoms with van der Waals surface area (Å²) in [5.41, 5.74) is 0. The van der Waals surface area contributed by atoms with E-state index in [-0.39, 0.29) is 6.04 Å². The van der Waals surface area contributed by atoms with Gasteiger partial charge >= 0.3 is 5.97 Å². The minimum Gasteiger partial charge on any atom is -0.480 e. The molecule has 1 aliphatic heterocycles. The number of aliphatic carboxylic acids is 1. The maximum atomic E-state index is 11.5. The highest BCUT2D eigenvalue weighted by atomic mass is 16.4. The van der Waals surface area contributed by atoms with Crippen LogP contribution in [0.15, 0.2) is 0 Å². The van der Waals surface area contributed by atoms with Crippen LogP contribution in [0.1, 0.15) is 57.8 Å². The van der Waals surface area contributed by atoms with Crippen LogP contribution in [-0.4, -0.2) is 34.6 Å². The van der Waals surface area contributed by atoms with Gasteiger partial charge in [0.05, 0.1) is 0 Å². The van der Waals surface area contributed by atoms with E-state index in [2.05, 4.69) is 4.90 Å². The number of rotatable bonds is 3. The predicted molar refractivity (Wildman–Crippen MR) is 70.5 cm³/mol. The SMILES string of the molecule is O=C(O)[C@@H]1C[C@H]2CCCC[C@H]2N1CC1CCCC1. The Bertz CT molecular complexity index is 312. The number of nitrogens with zero attached hydrogens (tertiary/aromatic N) is 1. The lowest BCUT2D eigenvalue weighted by molar-refractivity contribution is -0.142. The maximum absolute atomic E-state index is 11.5. The molecule has 18 heavy (non-hydrogen) atoms. The van der Waals surface area contributed by atoms with Gasteiger partial charge < -0.3 is 5.11 Å². The number of carboxylic acid groups (broad SMARTS) is 1. The number of likely N-dealkylation sites (tertiary alicyclic amines) is 1. The lowest BCUT2D eigenvalue weighted by atomic mass is 9.84. The molecule has 3 nitrogen and oxygen atoms in total. The molecule has 0 spiro atoms. The second-order valence-corrected chi connectivity index (χ2v) is 6.55. The highest BCUT2D eigenvalue weighted by Gasteiger charge is 2.45. The van der Waals surface area contributed by atoms with Crippen molar-refractivity contribution in [2.24, 2.45) is 11.8 Å². The van der Waals surface area contributed by atoms with E-state index in [9.17, 15) is 9.90 Å². The second kappa shape index (κ2) is 5.20. The smallest absolute Gasteiger partial charge is 0.320 e. The second-order valence-electron chi connectivity index (χ2n) is 6.55. The summed E-state index contributed by atoms with van der Waals surface area (Å²) < 4.78 is 0. The van der Waals surface area contributed by atoms with Crippen molar-refractivity contribution in [1.82, 2.24) is 4.90 Å². The van der Waals surface area contributed by atoms with Crippen molar-refractivity contribution in [3.63, 3.8) is 0 Å². The minimum atomic E-state index is -0.581. The van der Waals surface area contributed by atoms with Gasteiger partial charge in [-0.25, -0.2) is 0 Å². The quantitative estimate of drug-likeness (QED) is 0.838. The van der Waals surface area contributed by atoms with Gasteiger partial charge in [-0.15, -0.1) is 0 Å². The van der Waals surface area contributed by atoms with Crippen LogP contribution in [-0.2, 0) is 4.79 Å². The molecule has 1 N–H and O–H groups in total. The summed E-state index contributed by atoms with van der Waals surface area (Å²) in [6, 6.07) is 0.402. The minimum absolute atomic E-state index is 0.182. The van der Waals surface area contributed by atoms with E-state index >= 15 is 0 Å². The molecule has 3 aliphatic rings. The molecule has 3 rings (SSSR count). The zero-order valence-corrected chi connectivity index (χ0v) is 11.2. The van der Waals surface area contributed by atoms with Gasteiger partial charge in [-0.1, -0.05) is 25.7 Å². The van der Waals surface area contributed by atoms with E-state index in [0.29, 0.717) is 12.0 Å². The van der Waals surface area contributed by atoms with Gasteiger partial charge in [-0.05, 0) is 43.9 Å². The topological polar surface area (TPSA) is 40.5 Å². The van der Waals surface area contributed by atoms with Crippen molar-refractivity contribution < 1.29 is 9.90 Å². The first-order valence-electron chi connectivity index (χ1n) is 7.74. The number of carboxylic acids is 1. The predicted octanol–water partition coefficient (Wildman–Crippen LogP) is 2.89. The van der Waals surface area contributed by atoms with Gasteiger partial charge in [0.25, 0.3) is 0 Å². The molecule has 0 radical (unpaired) electrons. The average Bonchev–Trinajstić information content (AvgIpc) is 2.98. The average molecular weight is 251 g/mol. The molecule has 0 aromatic heterocycles. The Morgan fingerprint density at radius 1 is 1.06 bits per heavy atom. The van der Waals surface area contributed by atoms with Gasteiger partial charge in [0, 0.05) is 12.6 Å². The lowest BCUT2D eigenvalue weighted by Gasteiger charge is -2.34. The molecule has 0 amide bonds. The largest absolute Gasteiger partial charge is 0.480 e. The van der Waals surface area contributed by atoms with Crippen LogP contribution < -0.4 is 0 Å². The van der Waals surface area contributed by atoms with E-state index in [1.54, 1.807) is 0 Å². The Balaban J connectivity index is 1.71. The molecule has 3 heteroatoms. The Morgan fingerprint density at radius 3 is 2.44 bits per heavy atom. The van der Waals surface area contributed by atoms with E-state index in [4.69, 9.17) is 0 Å². The van der Waals surface area contributed by atoms with Crippen molar-refractivity contribution in [2.75, 3.05) is 6.54 Å². The lowest BCUT2D eigenvalue weighted by Crippen LogP contribution is -2.44. The Morgan fingerprint density at radius 2 is 1.72 bits per heavy atom. The number of hydrogen-bond acceptors (Lipinski definition) is 2. The Hall–Kier alpha value is -0.570.